The van der Waals surface area contributed by atoms with Crippen molar-refractivity contribution in [2.75, 3.05) is 6.54 Å². The third kappa shape index (κ3) is 3.07. The maximum atomic E-state index is 5.51. The molecule has 3 nitrogen and oxygen atoms in total. The second-order valence-corrected chi connectivity index (χ2v) is 4.12. The molecule has 1 aromatic rings. The number of hydrogen-bond acceptors (Lipinski definition) is 3. The van der Waals surface area contributed by atoms with Crippen LogP contribution in [0.2, 0.25) is 0 Å². The Morgan fingerprint density at radius 1 is 1.50 bits per heavy atom. The largest absolute Gasteiger partial charge is 0.497 e. The van der Waals surface area contributed by atoms with E-state index in [0.717, 1.165) is 19.4 Å². The summed E-state index contributed by atoms with van der Waals surface area (Å²) in [5.41, 5.74) is 1.27. The highest BCUT2D eigenvalue weighted by Gasteiger charge is 2.12. The molecule has 0 spiro atoms. The molecular weight excluding hydrogens is 200 g/mol. The monoisotopic (exact) mass is 218 g/mol. The van der Waals surface area contributed by atoms with Crippen LogP contribution in [0.5, 0.6) is 0 Å². The highest BCUT2D eigenvalue weighted by atomic mass is 16.5. The van der Waals surface area contributed by atoms with Gasteiger partial charge in [-0.2, -0.15) is 0 Å². The number of ether oxygens (including phenoxy) is 1. The second-order valence-electron chi connectivity index (χ2n) is 4.12. The van der Waals surface area contributed by atoms with E-state index < -0.39 is 0 Å². The van der Waals surface area contributed by atoms with E-state index in [9.17, 15) is 0 Å². The molecule has 0 aromatic carbocycles. The van der Waals surface area contributed by atoms with Crippen LogP contribution in [-0.4, -0.2) is 17.6 Å². The Balaban J connectivity index is 1.79. The molecule has 0 amide bonds. The van der Waals surface area contributed by atoms with Crippen LogP contribution >= 0.6 is 0 Å². The standard InChI is InChI=1S/C13H18N2O/c1-11(12-5-7-14-8-6-12)15-10-13-4-2-3-9-16-13/h3,5-9,11,13,15H,2,4,10H2,1H3. The van der Waals surface area contributed by atoms with Gasteiger partial charge in [-0.25, -0.2) is 0 Å². The average molecular weight is 218 g/mol. The summed E-state index contributed by atoms with van der Waals surface area (Å²) >= 11 is 0. The Hall–Kier alpha value is -1.35. The highest BCUT2D eigenvalue weighted by Crippen LogP contribution is 2.13. The zero-order chi connectivity index (χ0) is 11.2. The first kappa shape index (κ1) is 11.1. The van der Waals surface area contributed by atoms with E-state index in [2.05, 4.69) is 23.3 Å². The minimum absolute atomic E-state index is 0.314. The zero-order valence-corrected chi connectivity index (χ0v) is 9.60. The molecule has 1 aliphatic rings. The summed E-state index contributed by atoms with van der Waals surface area (Å²) in [4.78, 5) is 4.02. The lowest BCUT2D eigenvalue weighted by molar-refractivity contribution is 0.120. The fourth-order valence-electron chi connectivity index (χ4n) is 1.81. The molecule has 0 radical (unpaired) electrons. The molecule has 2 atom stereocenters. The Morgan fingerprint density at radius 3 is 3.00 bits per heavy atom. The van der Waals surface area contributed by atoms with Gasteiger partial charge in [0.15, 0.2) is 0 Å². The Bertz CT molecular complexity index is 337. The van der Waals surface area contributed by atoms with E-state index in [-0.39, 0.29) is 0 Å². The quantitative estimate of drug-likeness (QED) is 0.842. The molecule has 0 aliphatic carbocycles. The van der Waals surface area contributed by atoms with E-state index in [1.165, 1.54) is 5.56 Å². The van der Waals surface area contributed by atoms with Crippen molar-refractivity contribution in [3.05, 3.63) is 42.4 Å². The summed E-state index contributed by atoms with van der Waals surface area (Å²) in [5.74, 6) is 0. The topological polar surface area (TPSA) is 34.1 Å². The molecule has 1 aliphatic heterocycles. The number of nitrogens with zero attached hydrogens (tertiary/aromatic N) is 1. The van der Waals surface area contributed by atoms with E-state index in [0.29, 0.717) is 12.1 Å². The molecule has 2 heterocycles. The molecule has 16 heavy (non-hydrogen) atoms. The van der Waals surface area contributed by atoms with Crippen LogP contribution in [0.15, 0.2) is 36.9 Å². The van der Waals surface area contributed by atoms with Gasteiger partial charge < -0.3 is 10.1 Å². The van der Waals surface area contributed by atoms with Crippen molar-refractivity contribution in [2.24, 2.45) is 0 Å². The normalized spacial score (nSPS) is 21.4. The third-order valence-electron chi connectivity index (χ3n) is 2.88. The van der Waals surface area contributed by atoms with E-state index in [1.807, 2.05) is 30.8 Å². The van der Waals surface area contributed by atoms with E-state index in [1.54, 1.807) is 0 Å². The van der Waals surface area contributed by atoms with E-state index in [4.69, 9.17) is 4.74 Å². The van der Waals surface area contributed by atoms with Crippen LogP contribution < -0.4 is 5.32 Å². The van der Waals surface area contributed by atoms with Crippen molar-refractivity contribution in [3.63, 3.8) is 0 Å². The van der Waals surface area contributed by atoms with Gasteiger partial charge in [0.1, 0.15) is 6.10 Å². The van der Waals surface area contributed by atoms with E-state index >= 15 is 0 Å². The van der Waals surface area contributed by atoms with Gasteiger partial charge in [0.25, 0.3) is 0 Å². The molecule has 0 saturated heterocycles. The zero-order valence-electron chi connectivity index (χ0n) is 9.60. The number of allylic oxidation sites excluding steroid dienone is 1. The minimum Gasteiger partial charge on any atom is -0.497 e. The number of aromatic nitrogens is 1. The molecule has 86 valence electrons. The smallest absolute Gasteiger partial charge is 0.110 e. The number of rotatable bonds is 4. The number of pyridine rings is 1. The Morgan fingerprint density at radius 2 is 2.31 bits per heavy atom. The first-order chi connectivity index (χ1) is 7.86. The predicted molar refractivity (Wildman–Crippen MR) is 63.9 cm³/mol. The molecule has 0 bridgehead atoms. The molecule has 0 saturated carbocycles. The molecule has 1 aromatic heterocycles. The molecular formula is C13H18N2O. The number of nitrogens with one attached hydrogen (secondary N) is 1. The summed E-state index contributed by atoms with van der Waals surface area (Å²) < 4.78 is 5.51. The Labute approximate surface area is 96.5 Å². The molecule has 3 heteroatoms. The van der Waals surface area contributed by atoms with Gasteiger partial charge in [0.2, 0.25) is 0 Å². The number of hydrogen-bond donors (Lipinski definition) is 1. The molecule has 0 fully saturated rings. The average Bonchev–Trinajstić information content (AvgIpc) is 2.38. The first-order valence-corrected chi connectivity index (χ1v) is 5.80. The maximum absolute atomic E-state index is 5.51. The van der Waals surface area contributed by atoms with Crippen LogP contribution in [0.4, 0.5) is 0 Å². The lowest BCUT2D eigenvalue weighted by Crippen LogP contribution is -2.31. The van der Waals surface area contributed by atoms with Crippen molar-refractivity contribution < 1.29 is 4.74 Å². The van der Waals surface area contributed by atoms with Crippen molar-refractivity contribution in [3.8, 4) is 0 Å². The van der Waals surface area contributed by atoms with Gasteiger partial charge in [0.05, 0.1) is 6.26 Å². The van der Waals surface area contributed by atoms with Crippen molar-refractivity contribution >= 4 is 0 Å². The van der Waals surface area contributed by atoms with Crippen LogP contribution in [0.1, 0.15) is 31.4 Å². The van der Waals surface area contributed by atoms with Crippen LogP contribution in [-0.2, 0) is 4.74 Å². The van der Waals surface area contributed by atoms with Crippen LogP contribution in [0, 0.1) is 0 Å². The summed E-state index contributed by atoms with van der Waals surface area (Å²) in [7, 11) is 0. The van der Waals surface area contributed by atoms with Crippen molar-refractivity contribution in [1.82, 2.24) is 10.3 Å². The lowest BCUT2D eigenvalue weighted by atomic mass is 10.1. The predicted octanol–water partition coefficient (Wildman–Crippen LogP) is 2.42. The summed E-state index contributed by atoms with van der Waals surface area (Å²) in [6.07, 6.45) is 10.1. The lowest BCUT2D eigenvalue weighted by Gasteiger charge is -2.22. The van der Waals surface area contributed by atoms with Crippen LogP contribution in [0.3, 0.4) is 0 Å². The van der Waals surface area contributed by atoms with Gasteiger partial charge in [-0.1, -0.05) is 0 Å². The van der Waals surface area contributed by atoms with Crippen LogP contribution in [0.25, 0.3) is 0 Å². The fraction of sp³-hybridized carbons (Fsp3) is 0.462. The highest BCUT2D eigenvalue weighted by molar-refractivity contribution is 5.13. The second kappa shape index (κ2) is 5.66. The fourth-order valence-corrected chi connectivity index (χ4v) is 1.81. The summed E-state index contributed by atoms with van der Waals surface area (Å²) in [5, 5.41) is 3.48. The Kier molecular flexibility index (Phi) is 3.94. The SMILES string of the molecule is CC(NCC1CCC=CO1)c1ccncc1. The summed E-state index contributed by atoms with van der Waals surface area (Å²) in [6.45, 7) is 3.06. The molecule has 2 rings (SSSR count). The first-order valence-electron chi connectivity index (χ1n) is 5.80. The molecule has 1 N–H and O–H groups in total. The molecule has 2 unspecified atom stereocenters. The van der Waals surface area contributed by atoms with Gasteiger partial charge in [0, 0.05) is 25.0 Å². The van der Waals surface area contributed by atoms with Gasteiger partial charge >= 0.3 is 0 Å². The maximum Gasteiger partial charge on any atom is 0.110 e. The van der Waals surface area contributed by atoms with Gasteiger partial charge in [-0.05, 0) is 43.5 Å². The van der Waals surface area contributed by atoms with Crippen molar-refractivity contribution in [2.45, 2.75) is 31.9 Å². The van der Waals surface area contributed by atoms with Gasteiger partial charge in [-0.3, -0.25) is 4.98 Å². The minimum atomic E-state index is 0.314. The van der Waals surface area contributed by atoms with Gasteiger partial charge in [-0.15, -0.1) is 0 Å². The third-order valence-corrected chi connectivity index (χ3v) is 2.88. The van der Waals surface area contributed by atoms with Crippen molar-refractivity contribution in [1.29, 1.82) is 0 Å². The summed E-state index contributed by atoms with van der Waals surface area (Å²) in [6, 6.07) is 4.43.